The molecule has 212 valence electrons. The van der Waals surface area contributed by atoms with Crippen molar-refractivity contribution in [1.29, 1.82) is 0 Å². The van der Waals surface area contributed by atoms with Crippen LogP contribution in [0.15, 0.2) is 41.2 Å². The Bertz CT molecular complexity index is 1350. The molecule has 14 heteroatoms. The van der Waals surface area contributed by atoms with Gasteiger partial charge < -0.3 is 48.4 Å². The fourth-order valence-corrected chi connectivity index (χ4v) is 5.09. The van der Waals surface area contributed by atoms with Gasteiger partial charge in [-0.1, -0.05) is 0 Å². The number of nitrogens with two attached hydrogens (primary N) is 4. The molecule has 4 unspecified atom stereocenters. The second kappa shape index (κ2) is 11.6. The largest absolute Gasteiger partial charge is 0.338 e. The fourth-order valence-electron chi connectivity index (χ4n) is 5.09. The molecule has 5 rings (SSSR count). The van der Waals surface area contributed by atoms with Crippen molar-refractivity contribution in [2.45, 2.75) is 43.9 Å². The van der Waals surface area contributed by atoms with E-state index in [0.29, 0.717) is 61.1 Å². The Kier molecular flexibility index (Phi) is 7.93. The first-order chi connectivity index (χ1) is 19.1. The highest BCUT2D eigenvalue weighted by Crippen LogP contribution is 2.24. The Balaban J connectivity index is 1.36. The zero-order valence-electron chi connectivity index (χ0n) is 22.4. The molecule has 3 aromatic rings. The van der Waals surface area contributed by atoms with Crippen molar-refractivity contribution in [2.24, 2.45) is 22.9 Å². The van der Waals surface area contributed by atoms with Crippen LogP contribution in [0.1, 0.15) is 28.9 Å². The van der Waals surface area contributed by atoms with Gasteiger partial charge in [0.15, 0.2) is 0 Å². The number of aryl methyl sites for hydroxylation is 1. The summed E-state index contributed by atoms with van der Waals surface area (Å²) in [7, 11) is 0. The molecule has 40 heavy (non-hydrogen) atoms. The Morgan fingerprint density at radius 3 is 1.80 bits per heavy atom. The van der Waals surface area contributed by atoms with E-state index in [0.717, 1.165) is 12.8 Å². The van der Waals surface area contributed by atoms with Crippen molar-refractivity contribution in [1.82, 2.24) is 19.9 Å². The minimum atomic E-state index is -0.496. The maximum absolute atomic E-state index is 12.6. The number of aromatic amines is 1. The lowest BCUT2D eigenvalue weighted by Crippen LogP contribution is -2.54. The van der Waals surface area contributed by atoms with Crippen LogP contribution in [-0.4, -0.2) is 76.2 Å². The molecule has 11 N–H and O–H groups in total. The highest BCUT2D eigenvalue weighted by atomic mass is 16.2. The molecule has 4 heterocycles. The third-order valence-electron chi connectivity index (χ3n) is 6.91. The van der Waals surface area contributed by atoms with Crippen molar-refractivity contribution in [2.75, 3.05) is 46.6 Å². The van der Waals surface area contributed by atoms with Crippen LogP contribution in [0.4, 0.5) is 29.2 Å². The first-order valence-electron chi connectivity index (χ1n) is 13.3. The van der Waals surface area contributed by atoms with Crippen LogP contribution in [0, 0.1) is 6.92 Å². The van der Waals surface area contributed by atoms with Gasteiger partial charge in [0, 0.05) is 67.4 Å². The number of hydrogen-bond acceptors (Lipinski definition) is 12. The van der Waals surface area contributed by atoms with E-state index < -0.39 is 11.5 Å². The summed E-state index contributed by atoms with van der Waals surface area (Å²) in [6.07, 6.45) is 1.47. The maximum atomic E-state index is 12.6. The summed E-state index contributed by atoms with van der Waals surface area (Å²) >= 11 is 0. The van der Waals surface area contributed by atoms with E-state index in [1.54, 1.807) is 37.3 Å². The lowest BCUT2D eigenvalue weighted by Gasteiger charge is -2.37. The summed E-state index contributed by atoms with van der Waals surface area (Å²) in [5, 5.41) is 5.97. The van der Waals surface area contributed by atoms with Crippen LogP contribution in [0.5, 0.6) is 0 Å². The van der Waals surface area contributed by atoms with Gasteiger partial charge in [-0.15, -0.1) is 0 Å². The van der Waals surface area contributed by atoms with Gasteiger partial charge in [0.2, 0.25) is 17.8 Å². The van der Waals surface area contributed by atoms with Crippen LogP contribution in [-0.2, 0) is 0 Å². The number of carbonyl (C=O) groups is 1. The van der Waals surface area contributed by atoms with Gasteiger partial charge in [-0.3, -0.25) is 9.59 Å². The summed E-state index contributed by atoms with van der Waals surface area (Å²) in [5.74, 6) is 0.782. The molecule has 2 aliphatic rings. The van der Waals surface area contributed by atoms with Gasteiger partial charge in [-0.2, -0.15) is 15.0 Å². The van der Waals surface area contributed by atoms with Crippen molar-refractivity contribution in [3.8, 4) is 0 Å². The molecule has 1 amide bonds. The summed E-state index contributed by atoms with van der Waals surface area (Å²) < 4.78 is 0. The highest BCUT2D eigenvalue weighted by molar-refractivity contribution is 6.04. The highest BCUT2D eigenvalue weighted by Gasteiger charge is 2.28. The monoisotopic (exact) mass is 548 g/mol. The molecule has 2 saturated heterocycles. The number of amides is 1. The van der Waals surface area contributed by atoms with Gasteiger partial charge in [-0.25, -0.2) is 0 Å². The van der Waals surface area contributed by atoms with Gasteiger partial charge in [0.05, 0.1) is 0 Å². The molecule has 0 aliphatic carbocycles. The number of aromatic nitrogens is 4. The lowest BCUT2D eigenvalue weighted by molar-refractivity contribution is 0.102. The zero-order chi connectivity index (χ0) is 28.4. The molecule has 1 aromatic carbocycles. The zero-order valence-corrected chi connectivity index (χ0v) is 22.4. The minimum Gasteiger partial charge on any atom is -0.338 e. The van der Waals surface area contributed by atoms with Crippen LogP contribution in [0.25, 0.3) is 0 Å². The van der Waals surface area contributed by atoms with Crippen molar-refractivity contribution in [3.63, 3.8) is 0 Å². The molecular weight excluding hydrogens is 512 g/mol. The molecule has 0 radical (unpaired) electrons. The predicted octanol–water partition coefficient (Wildman–Crippen LogP) is -0.406. The minimum absolute atomic E-state index is 0.0346. The molecule has 0 bridgehead atoms. The van der Waals surface area contributed by atoms with E-state index in [4.69, 9.17) is 27.9 Å². The lowest BCUT2D eigenvalue weighted by atomic mass is 10.0. The molecule has 2 aromatic heterocycles. The van der Waals surface area contributed by atoms with E-state index in [1.165, 1.54) is 6.07 Å². The summed E-state index contributed by atoms with van der Waals surface area (Å²) in [6, 6.07) is 9.82. The van der Waals surface area contributed by atoms with Crippen LogP contribution in [0.2, 0.25) is 0 Å². The molecule has 2 aliphatic heterocycles. The molecule has 4 atom stereocenters. The predicted molar refractivity (Wildman–Crippen MR) is 155 cm³/mol. The molecule has 0 spiro atoms. The topological polar surface area (TPSA) is 223 Å². The van der Waals surface area contributed by atoms with Gasteiger partial charge in [0.1, 0.15) is 5.56 Å². The van der Waals surface area contributed by atoms with E-state index >= 15 is 0 Å². The second-order valence-electron chi connectivity index (χ2n) is 10.6. The molecule has 0 saturated carbocycles. The number of benzene rings is 1. The summed E-state index contributed by atoms with van der Waals surface area (Å²) in [6.45, 7) is 4.06. The number of rotatable bonds is 6. The average molecular weight is 549 g/mol. The molecule has 2 fully saturated rings. The van der Waals surface area contributed by atoms with Crippen molar-refractivity contribution >= 4 is 35.1 Å². The number of pyridine rings is 1. The van der Waals surface area contributed by atoms with Gasteiger partial charge in [-0.05, 0) is 56.2 Å². The fraction of sp³-hybridized carbons (Fsp3) is 0.423. The summed E-state index contributed by atoms with van der Waals surface area (Å²) in [4.78, 5) is 45.3. The van der Waals surface area contributed by atoms with Gasteiger partial charge >= 0.3 is 0 Å². The van der Waals surface area contributed by atoms with Crippen LogP contribution >= 0.6 is 0 Å². The third-order valence-corrected chi connectivity index (χ3v) is 6.91. The Hall–Kier alpha value is -4.11. The standard InChI is InChI=1S/C26H36N12O2/c1-14-2-7-21(22(39)31-14)23(40)32-19-3-5-20(6-4-19)33-24-34-25(37-10-15(27)8-16(28)11-37)36-26(35-24)38-12-17(29)9-18(30)13-38/h2-7,15-18H,8-13,27-30H2,1H3,(H,31,39)(H,32,40)(H,33,34,35,36). The normalized spacial score (nSPS) is 23.1. The number of H-pyrrole nitrogens is 1. The molecular formula is C26H36N12O2. The summed E-state index contributed by atoms with van der Waals surface area (Å²) in [5.41, 5.74) is 26.4. The molecule has 14 nitrogen and oxygen atoms in total. The van der Waals surface area contributed by atoms with Crippen LogP contribution in [0.3, 0.4) is 0 Å². The van der Waals surface area contributed by atoms with Crippen molar-refractivity contribution in [3.05, 3.63) is 58.0 Å². The van der Waals surface area contributed by atoms with E-state index in [-0.39, 0.29) is 29.7 Å². The number of anilines is 5. The number of carbonyl (C=O) groups excluding carboxylic acids is 1. The first kappa shape index (κ1) is 27.5. The SMILES string of the molecule is Cc1ccc(C(=O)Nc2ccc(Nc3nc(N4CC(N)CC(N)C4)nc(N4CC(N)CC(N)C4)n3)cc2)c(=O)[nH]1. The average Bonchev–Trinajstić information content (AvgIpc) is 2.88. The number of piperidine rings is 2. The second-order valence-corrected chi connectivity index (χ2v) is 10.6. The number of nitrogens with zero attached hydrogens (tertiary/aromatic N) is 5. The first-order valence-corrected chi connectivity index (χ1v) is 13.3. The van der Waals surface area contributed by atoms with Crippen molar-refractivity contribution < 1.29 is 4.79 Å². The van der Waals surface area contributed by atoms with E-state index in [9.17, 15) is 9.59 Å². The Labute approximate surface area is 231 Å². The Morgan fingerprint density at radius 1 is 0.800 bits per heavy atom. The number of nitrogens with one attached hydrogen (secondary N) is 3. The maximum Gasteiger partial charge on any atom is 0.261 e. The Morgan fingerprint density at radius 2 is 1.30 bits per heavy atom. The smallest absolute Gasteiger partial charge is 0.261 e. The number of hydrogen-bond donors (Lipinski definition) is 7. The van der Waals surface area contributed by atoms with Crippen LogP contribution < -0.4 is 48.9 Å². The quantitative estimate of drug-likeness (QED) is 0.209. The van der Waals surface area contributed by atoms with E-state index in [1.807, 2.05) is 9.80 Å². The third kappa shape index (κ3) is 6.54. The van der Waals surface area contributed by atoms with E-state index in [2.05, 4.69) is 25.6 Å². The van der Waals surface area contributed by atoms with Gasteiger partial charge in [0.25, 0.3) is 11.5 Å².